The average molecular weight is 301 g/mol. The second-order valence-electron chi connectivity index (χ2n) is 6.27. The molecule has 0 spiro atoms. The van der Waals surface area contributed by atoms with E-state index in [-0.39, 0.29) is 5.91 Å². The van der Waals surface area contributed by atoms with E-state index < -0.39 is 0 Å². The summed E-state index contributed by atoms with van der Waals surface area (Å²) in [6.45, 7) is 7.48. The molecular weight excluding hydrogens is 278 g/mol. The first-order chi connectivity index (χ1) is 10.5. The van der Waals surface area contributed by atoms with Gasteiger partial charge in [0.1, 0.15) is 5.82 Å². The Bertz CT molecular complexity index is 680. The summed E-state index contributed by atoms with van der Waals surface area (Å²) in [6, 6.07) is 0. The summed E-state index contributed by atoms with van der Waals surface area (Å²) >= 11 is 0. The summed E-state index contributed by atoms with van der Waals surface area (Å²) in [4.78, 5) is 19.1. The summed E-state index contributed by atoms with van der Waals surface area (Å²) in [6.07, 6.45) is 3.46. The van der Waals surface area contributed by atoms with Gasteiger partial charge < -0.3 is 9.47 Å². The number of rotatable bonds is 3. The van der Waals surface area contributed by atoms with E-state index in [1.165, 1.54) is 0 Å². The minimum atomic E-state index is 0.182. The average Bonchev–Trinajstić information content (AvgIpc) is 3.14. The zero-order valence-electron chi connectivity index (χ0n) is 13.7. The maximum atomic E-state index is 12.5. The number of carbonyl (C=O) groups is 1. The summed E-state index contributed by atoms with van der Waals surface area (Å²) in [5.74, 6) is 1.61. The monoisotopic (exact) mass is 301 g/mol. The van der Waals surface area contributed by atoms with Crippen molar-refractivity contribution in [3.8, 4) is 0 Å². The molecule has 6 nitrogen and oxygen atoms in total. The van der Waals surface area contributed by atoms with E-state index in [2.05, 4.69) is 19.7 Å². The Morgan fingerprint density at radius 1 is 1.41 bits per heavy atom. The fraction of sp³-hybridized carbons (Fsp3) is 0.562. The van der Waals surface area contributed by atoms with Crippen LogP contribution in [-0.2, 0) is 18.3 Å². The van der Waals surface area contributed by atoms with E-state index in [1.54, 1.807) is 0 Å². The SMILES string of the molecule is Cc1cn(C)c([C@@H]2CCN(C(=O)Cc3c(C)n[nH]c3C)C2)n1. The van der Waals surface area contributed by atoms with E-state index in [0.717, 1.165) is 48.0 Å². The molecule has 1 N–H and O–H groups in total. The number of hydrogen-bond donors (Lipinski definition) is 1. The Labute approximate surface area is 130 Å². The molecule has 1 saturated heterocycles. The van der Waals surface area contributed by atoms with Crippen molar-refractivity contribution in [2.24, 2.45) is 7.05 Å². The Kier molecular flexibility index (Phi) is 3.76. The number of nitrogens with one attached hydrogen (secondary N) is 1. The predicted molar refractivity (Wildman–Crippen MR) is 83.6 cm³/mol. The first-order valence-electron chi connectivity index (χ1n) is 7.73. The van der Waals surface area contributed by atoms with Crippen molar-refractivity contribution in [1.82, 2.24) is 24.6 Å². The fourth-order valence-corrected chi connectivity index (χ4v) is 3.31. The molecule has 0 unspecified atom stereocenters. The van der Waals surface area contributed by atoms with Gasteiger partial charge in [0.25, 0.3) is 0 Å². The number of H-pyrrole nitrogens is 1. The van der Waals surface area contributed by atoms with Gasteiger partial charge in [-0.2, -0.15) is 5.10 Å². The van der Waals surface area contributed by atoms with Crippen LogP contribution in [0.2, 0.25) is 0 Å². The van der Waals surface area contributed by atoms with Crippen molar-refractivity contribution >= 4 is 5.91 Å². The lowest BCUT2D eigenvalue weighted by Gasteiger charge is -2.16. The molecule has 3 heterocycles. The molecule has 0 radical (unpaired) electrons. The van der Waals surface area contributed by atoms with E-state index in [0.29, 0.717) is 12.3 Å². The molecule has 2 aromatic heterocycles. The third-order valence-corrected chi connectivity index (χ3v) is 4.55. The highest BCUT2D eigenvalue weighted by Gasteiger charge is 2.30. The van der Waals surface area contributed by atoms with Crippen LogP contribution in [0, 0.1) is 20.8 Å². The third kappa shape index (κ3) is 2.65. The smallest absolute Gasteiger partial charge is 0.227 e. The van der Waals surface area contributed by atoms with Crippen LogP contribution in [0.15, 0.2) is 6.20 Å². The molecule has 1 aliphatic heterocycles. The lowest BCUT2D eigenvalue weighted by molar-refractivity contribution is -0.129. The fourth-order valence-electron chi connectivity index (χ4n) is 3.31. The van der Waals surface area contributed by atoms with Crippen molar-refractivity contribution in [3.63, 3.8) is 0 Å². The Balaban J connectivity index is 1.67. The zero-order chi connectivity index (χ0) is 15.9. The molecule has 1 atom stereocenters. The van der Waals surface area contributed by atoms with Gasteiger partial charge in [0, 0.05) is 43.5 Å². The molecule has 2 aromatic rings. The summed E-state index contributed by atoms with van der Waals surface area (Å²) in [7, 11) is 2.03. The van der Waals surface area contributed by atoms with Crippen LogP contribution >= 0.6 is 0 Å². The number of aromatic amines is 1. The second-order valence-corrected chi connectivity index (χ2v) is 6.27. The second kappa shape index (κ2) is 5.59. The van der Waals surface area contributed by atoms with E-state index in [1.807, 2.05) is 38.9 Å². The largest absolute Gasteiger partial charge is 0.342 e. The summed E-state index contributed by atoms with van der Waals surface area (Å²) < 4.78 is 2.08. The predicted octanol–water partition coefficient (Wildman–Crippen LogP) is 1.63. The molecule has 1 fully saturated rings. The Morgan fingerprint density at radius 2 is 2.18 bits per heavy atom. The zero-order valence-corrected chi connectivity index (χ0v) is 13.7. The minimum absolute atomic E-state index is 0.182. The highest BCUT2D eigenvalue weighted by atomic mass is 16.2. The Morgan fingerprint density at radius 3 is 2.77 bits per heavy atom. The van der Waals surface area contributed by atoms with Crippen molar-refractivity contribution < 1.29 is 4.79 Å². The first kappa shape index (κ1) is 14.8. The van der Waals surface area contributed by atoms with Gasteiger partial charge in [0.05, 0.1) is 17.8 Å². The van der Waals surface area contributed by atoms with Gasteiger partial charge in [0.2, 0.25) is 5.91 Å². The molecule has 0 bridgehead atoms. The van der Waals surface area contributed by atoms with Crippen LogP contribution in [0.4, 0.5) is 0 Å². The van der Waals surface area contributed by atoms with Gasteiger partial charge in [-0.1, -0.05) is 0 Å². The van der Waals surface area contributed by atoms with Crippen LogP contribution in [-0.4, -0.2) is 43.6 Å². The number of carbonyl (C=O) groups excluding carboxylic acids is 1. The molecule has 22 heavy (non-hydrogen) atoms. The first-order valence-corrected chi connectivity index (χ1v) is 7.73. The van der Waals surface area contributed by atoms with E-state index >= 15 is 0 Å². The van der Waals surface area contributed by atoms with E-state index in [4.69, 9.17) is 0 Å². The molecule has 0 saturated carbocycles. The number of hydrogen-bond acceptors (Lipinski definition) is 3. The highest BCUT2D eigenvalue weighted by Crippen LogP contribution is 2.27. The number of imidazole rings is 1. The van der Waals surface area contributed by atoms with Gasteiger partial charge in [-0.25, -0.2) is 4.98 Å². The number of amides is 1. The maximum absolute atomic E-state index is 12.5. The molecule has 1 amide bonds. The van der Waals surface area contributed by atoms with Gasteiger partial charge in [-0.3, -0.25) is 9.89 Å². The molecule has 1 aliphatic rings. The summed E-state index contributed by atoms with van der Waals surface area (Å²) in [5, 5.41) is 7.11. The molecule has 6 heteroatoms. The third-order valence-electron chi connectivity index (χ3n) is 4.55. The van der Waals surface area contributed by atoms with Crippen LogP contribution in [0.5, 0.6) is 0 Å². The van der Waals surface area contributed by atoms with Crippen LogP contribution in [0.1, 0.15) is 40.8 Å². The van der Waals surface area contributed by atoms with E-state index in [9.17, 15) is 4.79 Å². The number of likely N-dealkylation sites (tertiary alicyclic amines) is 1. The van der Waals surface area contributed by atoms with Crippen molar-refractivity contribution in [2.75, 3.05) is 13.1 Å². The standard InChI is InChI=1S/C16H23N5O/c1-10-8-20(4)16(17-10)13-5-6-21(9-13)15(22)7-14-11(2)18-19-12(14)3/h8,13H,5-7,9H2,1-4H3,(H,18,19)/t13-/m1/s1. The van der Waals surface area contributed by atoms with Crippen LogP contribution in [0.3, 0.4) is 0 Å². The van der Waals surface area contributed by atoms with Gasteiger partial charge in [-0.05, 0) is 27.2 Å². The number of aromatic nitrogens is 4. The molecule has 0 aromatic carbocycles. The number of aryl methyl sites for hydroxylation is 4. The minimum Gasteiger partial charge on any atom is -0.342 e. The molecule has 0 aliphatic carbocycles. The van der Waals surface area contributed by atoms with Gasteiger partial charge in [-0.15, -0.1) is 0 Å². The number of nitrogens with zero attached hydrogens (tertiary/aromatic N) is 4. The maximum Gasteiger partial charge on any atom is 0.227 e. The van der Waals surface area contributed by atoms with Gasteiger partial charge in [0.15, 0.2) is 0 Å². The molecule has 3 rings (SSSR count). The van der Waals surface area contributed by atoms with Gasteiger partial charge >= 0.3 is 0 Å². The van der Waals surface area contributed by atoms with Crippen molar-refractivity contribution in [1.29, 1.82) is 0 Å². The topological polar surface area (TPSA) is 66.8 Å². The van der Waals surface area contributed by atoms with Crippen LogP contribution in [0.25, 0.3) is 0 Å². The normalized spacial score (nSPS) is 18.2. The highest BCUT2D eigenvalue weighted by molar-refractivity contribution is 5.79. The molecular formula is C16H23N5O. The van der Waals surface area contributed by atoms with Crippen molar-refractivity contribution in [3.05, 3.63) is 34.7 Å². The quantitative estimate of drug-likeness (QED) is 0.937. The molecule has 118 valence electrons. The summed E-state index contributed by atoms with van der Waals surface area (Å²) in [5.41, 5.74) is 3.97. The Hall–Kier alpha value is -2.11. The lowest BCUT2D eigenvalue weighted by atomic mass is 10.1. The van der Waals surface area contributed by atoms with Crippen molar-refractivity contribution in [2.45, 2.75) is 39.5 Å². The lowest BCUT2D eigenvalue weighted by Crippen LogP contribution is -2.30. The van der Waals surface area contributed by atoms with Crippen LogP contribution < -0.4 is 0 Å².